The summed E-state index contributed by atoms with van der Waals surface area (Å²) in [6.45, 7) is 1.50. The SMILES string of the molecule is [2H]c1c(OC2([2H])C([2H])([2H])OC2([2H])[2H])nc(B2OC(C)(C)C(C)(C)O2)c([2H])c1[2H]. The molecule has 2 aliphatic rings. The lowest BCUT2D eigenvalue weighted by Crippen LogP contribution is -2.41. The number of hydrogen-bond donors (Lipinski definition) is 0. The third kappa shape index (κ3) is 2.43. The van der Waals surface area contributed by atoms with E-state index in [1.165, 1.54) is 0 Å². The van der Waals surface area contributed by atoms with Crippen LogP contribution in [-0.2, 0) is 14.0 Å². The molecule has 0 amide bonds. The smallest absolute Gasteiger partial charge is 0.469 e. The van der Waals surface area contributed by atoms with Crippen LogP contribution in [0.2, 0.25) is 0 Å². The fourth-order valence-corrected chi connectivity index (χ4v) is 1.66. The van der Waals surface area contributed by atoms with E-state index < -0.39 is 61.5 Å². The predicted octanol–water partition coefficient (Wildman–Crippen LogP) is 1.16. The molecule has 0 aromatic carbocycles. The van der Waals surface area contributed by atoms with Gasteiger partial charge < -0.3 is 18.8 Å². The first kappa shape index (κ1) is 7.25. The average Bonchev–Trinajstić information content (AvgIpc) is 2.74. The second-order valence-corrected chi connectivity index (χ2v) is 5.50. The molecule has 3 rings (SSSR count). The molecule has 0 atom stereocenters. The molecule has 3 heterocycles. The maximum absolute atomic E-state index is 8.10. The second-order valence-electron chi connectivity index (χ2n) is 5.50. The van der Waals surface area contributed by atoms with Gasteiger partial charge in [-0.2, -0.15) is 0 Å². The number of rotatable bonds is 3. The topological polar surface area (TPSA) is 49.8 Å². The highest BCUT2D eigenvalue weighted by atomic mass is 16.7. The molecular weight excluding hydrogens is 257 g/mol. The van der Waals surface area contributed by atoms with Crippen molar-refractivity contribution in [2.24, 2.45) is 0 Å². The lowest BCUT2D eigenvalue weighted by Gasteiger charge is -2.32. The Morgan fingerprint density at radius 3 is 2.60 bits per heavy atom. The summed E-state index contributed by atoms with van der Waals surface area (Å²) in [6.07, 6.45) is -2.86. The molecule has 6 heteroatoms. The maximum Gasteiger partial charge on any atom is 0.514 e. The molecule has 0 unspecified atom stereocenters. The Kier molecular flexibility index (Phi) is 1.71. The van der Waals surface area contributed by atoms with Crippen molar-refractivity contribution in [1.29, 1.82) is 0 Å². The summed E-state index contributed by atoms with van der Waals surface area (Å²) in [5.41, 5.74) is -1.70. The van der Waals surface area contributed by atoms with Gasteiger partial charge in [-0.1, -0.05) is 6.04 Å². The summed E-state index contributed by atoms with van der Waals surface area (Å²) in [4.78, 5) is 3.97. The molecule has 0 bridgehead atoms. The van der Waals surface area contributed by atoms with Crippen LogP contribution in [0.15, 0.2) is 18.1 Å². The summed E-state index contributed by atoms with van der Waals surface area (Å²) >= 11 is 0. The van der Waals surface area contributed by atoms with Crippen molar-refractivity contribution in [2.75, 3.05) is 13.1 Å². The second kappa shape index (κ2) is 4.72. The lowest BCUT2D eigenvalue weighted by atomic mass is 9.84. The van der Waals surface area contributed by atoms with Crippen LogP contribution in [0.5, 0.6) is 5.88 Å². The summed E-state index contributed by atoms with van der Waals surface area (Å²) in [7, 11) is -1.16. The lowest BCUT2D eigenvalue weighted by molar-refractivity contribution is -0.0812. The summed E-state index contributed by atoms with van der Waals surface area (Å²) < 4.78 is 83.6. The van der Waals surface area contributed by atoms with Crippen molar-refractivity contribution >= 4 is 12.7 Å². The Hall–Kier alpha value is -1.11. The molecule has 2 fully saturated rings. The number of hydrogen-bond acceptors (Lipinski definition) is 5. The van der Waals surface area contributed by atoms with Crippen LogP contribution >= 0.6 is 0 Å². The zero-order valence-electron chi connectivity index (χ0n) is 19.7. The van der Waals surface area contributed by atoms with Crippen LogP contribution in [0.4, 0.5) is 0 Å². The van der Waals surface area contributed by atoms with Gasteiger partial charge in [-0.25, -0.2) is 4.98 Å². The monoisotopic (exact) mass is 285 g/mol. The van der Waals surface area contributed by atoms with Crippen LogP contribution in [0.25, 0.3) is 0 Å². The van der Waals surface area contributed by atoms with Crippen LogP contribution in [0, 0.1) is 0 Å². The highest BCUT2D eigenvalue weighted by Gasteiger charge is 2.52. The van der Waals surface area contributed by atoms with E-state index in [9.17, 15) is 0 Å². The molecule has 0 spiro atoms. The zero-order valence-corrected chi connectivity index (χ0v) is 11.7. The first-order valence-electron chi connectivity index (χ1n) is 10.2. The van der Waals surface area contributed by atoms with E-state index in [4.69, 9.17) is 25.0 Å². The molecule has 2 aliphatic heterocycles. The van der Waals surface area contributed by atoms with Gasteiger partial charge in [0.2, 0.25) is 5.88 Å². The van der Waals surface area contributed by atoms with Gasteiger partial charge in [-0.3, -0.25) is 0 Å². The highest BCUT2D eigenvalue weighted by molar-refractivity contribution is 6.61. The number of nitrogens with zero attached hydrogens (tertiary/aromatic N) is 1. The Morgan fingerprint density at radius 1 is 1.35 bits per heavy atom. The quantitative estimate of drug-likeness (QED) is 0.780. The molecule has 0 aliphatic carbocycles. The molecule has 0 saturated carbocycles. The van der Waals surface area contributed by atoms with E-state index in [0.29, 0.717) is 0 Å². The van der Waals surface area contributed by atoms with E-state index in [2.05, 4.69) is 9.72 Å². The van der Waals surface area contributed by atoms with Gasteiger partial charge in [0.1, 0.15) is 6.08 Å². The van der Waals surface area contributed by atoms with Crippen molar-refractivity contribution in [3.05, 3.63) is 18.1 Å². The minimum absolute atomic E-state index is 0.181. The molecule has 0 N–H and O–H groups in total. The van der Waals surface area contributed by atoms with E-state index >= 15 is 0 Å². The molecule has 1 aromatic rings. The molecule has 2 saturated heterocycles. The Labute approximate surface area is 131 Å². The highest BCUT2D eigenvalue weighted by Crippen LogP contribution is 2.36. The Bertz CT molecular complexity index is 804. The first-order chi connectivity index (χ1) is 12.5. The van der Waals surface area contributed by atoms with Crippen molar-refractivity contribution in [1.82, 2.24) is 4.98 Å². The minimum atomic E-state index is -2.86. The van der Waals surface area contributed by atoms with Crippen molar-refractivity contribution < 1.29 is 29.7 Å². The number of pyridine rings is 1. The van der Waals surface area contributed by atoms with Crippen LogP contribution in [0.3, 0.4) is 0 Å². The largest absolute Gasteiger partial charge is 0.514 e. The summed E-state index contributed by atoms with van der Waals surface area (Å²) in [5, 5.41) is 0. The van der Waals surface area contributed by atoms with E-state index in [1.807, 2.05) is 0 Å². The molecular formula is C14H20BNO4. The minimum Gasteiger partial charge on any atom is -0.469 e. The molecule has 1 aromatic heterocycles. The molecule has 20 heavy (non-hydrogen) atoms. The van der Waals surface area contributed by atoms with E-state index in [0.717, 1.165) is 0 Å². The van der Waals surface area contributed by atoms with E-state index in [1.54, 1.807) is 27.7 Å². The maximum atomic E-state index is 8.10. The van der Waals surface area contributed by atoms with E-state index in [-0.39, 0.29) is 5.59 Å². The molecule has 0 radical (unpaired) electrons. The standard InChI is InChI=1S/C14H20BNO4/c1-13(2)14(3,4)20-15(19-13)11-6-5-7-12(16-11)18-10-8-17-9-10/h5-7,10H,8-9H2,1-4H3/i5D,6D,7D,8D2,9D2,10D. The van der Waals surface area contributed by atoms with Gasteiger partial charge in [-0.05, 0) is 33.7 Å². The van der Waals surface area contributed by atoms with Gasteiger partial charge in [0.15, 0.2) is 0 Å². The van der Waals surface area contributed by atoms with Gasteiger partial charge in [-0.15, -0.1) is 0 Å². The Balaban J connectivity index is 2.04. The van der Waals surface area contributed by atoms with Crippen molar-refractivity contribution in [3.63, 3.8) is 0 Å². The van der Waals surface area contributed by atoms with Crippen LogP contribution < -0.4 is 10.3 Å². The third-order valence-electron chi connectivity index (χ3n) is 3.54. The average molecular weight is 285 g/mol. The normalized spacial score (nSPS) is 36.9. The summed E-state index contributed by atoms with van der Waals surface area (Å²) in [5.74, 6) is -0.684. The van der Waals surface area contributed by atoms with Crippen molar-refractivity contribution in [3.8, 4) is 5.88 Å². The Morgan fingerprint density at radius 2 is 2.00 bits per heavy atom. The first-order valence-corrected chi connectivity index (χ1v) is 6.18. The van der Waals surface area contributed by atoms with Gasteiger partial charge in [0, 0.05) is 6.04 Å². The third-order valence-corrected chi connectivity index (χ3v) is 3.54. The van der Waals surface area contributed by atoms with Gasteiger partial charge in [0.25, 0.3) is 0 Å². The fraction of sp³-hybridized carbons (Fsp3) is 0.643. The molecule has 5 nitrogen and oxygen atoms in total. The van der Waals surface area contributed by atoms with Crippen LogP contribution in [-0.4, -0.2) is 42.5 Å². The van der Waals surface area contributed by atoms with Gasteiger partial charge >= 0.3 is 7.12 Å². The zero-order chi connectivity index (χ0) is 21.5. The fourth-order valence-electron chi connectivity index (χ4n) is 1.66. The molecule has 108 valence electrons. The predicted molar refractivity (Wildman–Crippen MR) is 75.2 cm³/mol. The van der Waals surface area contributed by atoms with Crippen molar-refractivity contribution in [2.45, 2.75) is 45.0 Å². The summed E-state index contributed by atoms with van der Waals surface area (Å²) in [6, 6.07) is -1.72. The number of ether oxygens (including phenoxy) is 2. The number of aromatic nitrogens is 1. The van der Waals surface area contributed by atoms with Crippen LogP contribution in [0.1, 0.15) is 38.7 Å². The van der Waals surface area contributed by atoms with Gasteiger partial charge in [0.05, 0.1) is 40.9 Å².